The smallest absolute Gasteiger partial charge is 0.345 e. The van der Waals surface area contributed by atoms with Crippen LogP contribution in [0.4, 0.5) is 0 Å². The fourth-order valence-electron chi connectivity index (χ4n) is 1.19. The molecule has 18 heavy (non-hydrogen) atoms. The molecule has 1 aromatic rings. The Hall–Kier alpha value is -1.45. The van der Waals surface area contributed by atoms with Crippen LogP contribution in [-0.4, -0.2) is 31.4 Å². The van der Waals surface area contributed by atoms with Crippen LogP contribution in [-0.2, 0) is 14.8 Å². The van der Waals surface area contributed by atoms with Gasteiger partial charge >= 0.3 is 5.97 Å². The lowest BCUT2D eigenvalue weighted by Gasteiger charge is -2.10. The zero-order chi connectivity index (χ0) is 14.1. The Labute approximate surface area is 108 Å². The average molecular weight is 292 g/mol. The summed E-state index contributed by atoms with van der Waals surface area (Å²) in [7, 11) is -3.95. The standard InChI is InChI=1S/C9H12N2O5S2/c1-4(8(10)12)11-18(15,16)7-3-6(9(13)14)17-5(7)2/h3-4,11H,1-2H3,(H2,10,12)(H,13,14). The van der Waals surface area contributed by atoms with E-state index in [4.69, 9.17) is 10.8 Å². The summed E-state index contributed by atoms with van der Waals surface area (Å²) in [4.78, 5) is 21.6. The second kappa shape index (κ2) is 5.04. The number of carboxylic acid groups (broad SMARTS) is 1. The Morgan fingerprint density at radius 2 is 2.06 bits per heavy atom. The van der Waals surface area contributed by atoms with E-state index < -0.39 is 27.9 Å². The molecule has 0 bridgehead atoms. The highest BCUT2D eigenvalue weighted by atomic mass is 32.2. The van der Waals surface area contributed by atoms with Crippen molar-refractivity contribution in [2.75, 3.05) is 0 Å². The predicted molar refractivity (Wildman–Crippen MR) is 65.0 cm³/mol. The maximum Gasteiger partial charge on any atom is 0.345 e. The summed E-state index contributed by atoms with van der Waals surface area (Å²) in [5.41, 5.74) is 4.96. The van der Waals surface area contributed by atoms with Gasteiger partial charge in [0.25, 0.3) is 0 Å². The molecule has 7 nitrogen and oxygen atoms in total. The van der Waals surface area contributed by atoms with Gasteiger partial charge in [-0.2, -0.15) is 4.72 Å². The van der Waals surface area contributed by atoms with Crippen molar-refractivity contribution in [2.45, 2.75) is 24.8 Å². The number of aryl methyl sites for hydroxylation is 1. The maximum absolute atomic E-state index is 11.9. The Morgan fingerprint density at radius 3 is 2.44 bits per heavy atom. The van der Waals surface area contributed by atoms with E-state index in [2.05, 4.69) is 4.72 Å². The van der Waals surface area contributed by atoms with Crippen LogP contribution in [0, 0.1) is 6.92 Å². The van der Waals surface area contributed by atoms with Crippen molar-refractivity contribution in [3.63, 3.8) is 0 Å². The number of carbonyl (C=O) groups is 2. The molecule has 0 fully saturated rings. The number of hydrogen-bond acceptors (Lipinski definition) is 5. The third-order valence-corrected chi connectivity index (χ3v) is 4.97. The van der Waals surface area contributed by atoms with Gasteiger partial charge in [-0.3, -0.25) is 4.79 Å². The summed E-state index contributed by atoms with van der Waals surface area (Å²) in [6.07, 6.45) is 0. The van der Waals surface area contributed by atoms with Crippen molar-refractivity contribution in [1.82, 2.24) is 4.72 Å². The van der Waals surface area contributed by atoms with Crippen LogP contribution in [0.3, 0.4) is 0 Å². The number of nitrogens with one attached hydrogen (secondary N) is 1. The highest BCUT2D eigenvalue weighted by Crippen LogP contribution is 2.25. The largest absolute Gasteiger partial charge is 0.477 e. The maximum atomic E-state index is 11.9. The number of amides is 1. The molecule has 4 N–H and O–H groups in total. The third-order valence-electron chi connectivity index (χ3n) is 2.13. The van der Waals surface area contributed by atoms with Gasteiger partial charge in [-0.1, -0.05) is 0 Å². The van der Waals surface area contributed by atoms with Crippen LogP contribution in [0.25, 0.3) is 0 Å². The van der Waals surface area contributed by atoms with Crippen molar-refractivity contribution < 1.29 is 23.1 Å². The molecule has 1 aromatic heterocycles. The van der Waals surface area contributed by atoms with Gasteiger partial charge in [0.15, 0.2) is 0 Å². The van der Waals surface area contributed by atoms with Gasteiger partial charge in [0.1, 0.15) is 4.88 Å². The van der Waals surface area contributed by atoms with E-state index in [-0.39, 0.29) is 9.77 Å². The van der Waals surface area contributed by atoms with Gasteiger partial charge in [-0.15, -0.1) is 11.3 Å². The van der Waals surface area contributed by atoms with Crippen LogP contribution < -0.4 is 10.5 Å². The lowest BCUT2D eigenvalue weighted by molar-refractivity contribution is -0.119. The van der Waals surface area contributed by atoms with Gasteiger partial charge in [0, 0.05) is 4.88 Å². The van der Waals surface area contributed by atoms with Crippen LogP contribution >= 0.6 is 11.3 Å². The highest BCUT2D eigenvalue weighted by Gasteiger charge is 2.25. The first kappa shape index (κ1) is 14.6. The first-order valence-corrected chi connectivity index (χ1v) is 7.10. The molecule has 1 amide bonds. The Bertz CT molecular complexity index is 590. The minimum absolute atomic E-state index is 0.0837. The fraction of sp³-hybridized carbons (Fsp3) is 0.333. The van der Waals surface area contributed by atoms with Crippen molar-refractivity contribution in [3.05, 3.63) is 15.8 Å². The van der Waals surface area contributed by atoms with Gasteiger partial charge in [-0.25, -0.2) is 13.2 Å². The second-order valence-corrected chi connectivity index (χ2v) is 6.52. The van der Waals surface area contributed by atoms with Crippen molar-refractivity contribution in [1.29, 1.82) is 0 Å². The Morgan fingerprint density at radius 1 is 1.50 bits per heavy atom. The summed E-state index contributed by atoms with van der Waals surface area (Å²) in [6, 6.07) is -0.0131. The second-order valence-electron chi connectivity index (χ2n) is 3.58. The monoisotopic (exact) mass is 292 g/mol. The number of nitrogens with two attached hydrogens (primary N) is 1. The number of rotatable bonds is 5. The van der Waals surface area contributed by atoms with Crippen LogP contribution in [0.2, 0.25) is 0 Å². The molecule has 0 aliphatic carbocycles. The fourth-order valence-corrected chi connectivity index (χ4v) is 3.83. The van der Waals surface area contributed by atoms with Gasteiger partial charge in [-0.05, 0) is 19.9 Å². The Balaban J connectivity index is 3.13. The molecule has 0 aliphatic heterocycles. The predicted octanol–water partition coefficient (Wildman–Crippen LogP) is -0.0932. The summed E-state index contributed by atoms with van der Waals surface area (Å²) in [5.74, 6) is -2.02. The molecule has 0 aromatic carbocycles. The number of carboxylic acids is 1. The van der Waals surface area contributed by atoms with Crippen molar-refractivity contribution >= 4 is 33.2 Å². The molecule has 0 saturated carbocycles. The lowest BCUT2D eigenvalue weighted by Crippen LogP contribution is -2.42. The number of sulfonamides is 1. The summed E-state index contributed by atoms with van der Waals surface area (Å²) >= 11 is 0.850. The molecule has 9 heteroatoms. The number of primary amides is 1. The number of thiophene rings is 1. The van der Waals surface area contributed by atoms with E-state index in [1.807, 2.05) is 0 Å². The van der Waals surface area contributed by atoms with Crippen LogP contribution in [0.15, 0.2) is 11.0 Å². The minimum atomic E-state index is -3.95. The van der Waals surface area contributed by atoms with E-state index in [1.54, 1.807) is 0 Å². The molecule has 0 aliphatic rings. The minimum Gasteiger partial charge on any atom is -0.477 e. The van der Waals surface area contributed by atoms with E-state index >= 15 is 0 Å². The van der Waals surface area contributed by atoms with E-state index in [1.165, 1.54) is 13.8 Å². The molecule has 1 rings (SSSR count). The molecule has 1 heterocycles. The SMILES string of the molecule is Cc1sc(C(=O)O)cc1S(=O)(=O)NC(C)C(N)=O. The highest BCUT2D eigenvalue weighted by molar-refractivity contribution is 7.89. The van der Waals surface area contributed by atoms with Crippen LogP contribution in [0.1, 0.15) is 21.5 Å². The molecule has 0 saturated heterocycles. The molecule has 1 atom stereocenters. The van der Waals surface area contributed by atoms with Gasteiger partial charge < -0.3 is 10.8 Å². The third kappa shape index (κ3) is 3.06. The topological polar surface area (TPSA) is 127 Å². The van der Waals surface area contributed by atoms with Crippen molar-refractivity contribution in [3.8, 4) is 0 Å². The Kier molecular flexibility index (Phi) is 4.09. The average Bonchev–Trinajstić information content (AvgIpc) is 2.60. The molecule has 100 valence electrons. The number of hydrogen-bond donors (Lipinski definition) is 3. The zero-order valence-electron chi connectivity index (χ0n) is 9.63. The molecule has 0 radical (unpaired) electrons. The normalized spacial score (nSPS) is 13.2. The van der Waals surface area contributed by atoms with E-state index in [9.17, 15) is 18.0 Å². The van der Waals surface area contributed by atoms with Gasteiger partial charge in [0.2, 0.25) is 15.9 Å². The summed E-state index contributed by atoms with van der Waals surface area (Å²) < 4.78 is 25.9. The van der Waals surface area contributed by atoms with E-state index in [0.717, 1.165) is 17.4 Å². The van der Waals surface area contributed by atoms with Gasteiger partial charge in [0.05, 0.1) is 10.9 Å². The number of aromatic carboxylic acids is 1. The first-order valence-electron chi connectivity index (χ1n) is 4.80. The molecule has 1 unspecified atom stereocenters. The molecular formula is C9H12N2O5S2. The lowest BCUT2D eigenvalue weighted by atomic mass is 10.4. The van der Waals surface area contributed by atoms with Crippen LogP contribution in [0.5, 0.6) is 0 Å². The summed E-state index contributed by atoms with van der Waals surface area (Å²) in [5, 5.41) is 8.78. The molecular weight excluding hydrogens is 280 g/mol. The summed E-state index contributed by atoms with van der Waals surface area (Å²) in [6.45, 7) is 2.79. The van der Waals surface area contributed by atoms with Crippen molar-refractivity contribution in [2.24, 2.45) is 5.73 Å². The zero-order valence-corrected chi connectivity index (χ0v) is 11.3. The molecule has 0 spiro atoms. The quantitative estimate of drug-likeness (QED) is 0.699. The van der Waals surface area contributed by atoms with E-state index in [0.29, 0.717) is 4.88 Å². The number of carbonyl (C=O) groups excluding carboxylic acids is 1. The first-order chi connectivity index (χ1) is 8.15.